The molecule has 0 radical (unpaired) electrons. The molecule has 0 fully saturated rings. The summed E-state index contributed by atoms with van der Waals surface area (Å²) in [6, 6.07) is 5.55. The van der Waals surface area contributed by atoms with Gasteiger partial charge in [-0.05, 0) is 26.3 Å². The summed E-state index contributed by atoms with van der Waals surface area (Å²) in [5.41, 5.74) is 1.95. The molecule has 5 heteroatoms. The molecule has 0 aliphatic heterocycles. The normalized spacial score (nSPS) is 10.6. The first kappa shape index (κ1) is 14.0. The van der Waals surface area contributed by atoms with E-state index >= 15 is 0 Å². The Balaban J connectivity index is 2.35. The van der Waals surface area contributed by atoms with Crippen LogP contribution >= 0.6 is 0 Å². The summed E-state index contributed by atoms with van der Waals surface area (Å²) >= 11 is 0. The first-order valence-corrected chi connectivity index (χ1v) is 6.29. The van der Waals surface area contributed by atoms with E-state index in [2.05, 4.69) is 4.98 Å². The Morgan fingerprint density at radius 1 is 1.15 bits per heavy atom. The zero-order chi connectivity index (χ0) is 14.9. The number of benzene rings is 1. The highest BCUT2D eigenvalue weighted by Gasteiger charge is 2.11. The van der Waals surface area contributed by atoms with Gasteiger partial charge in [0, 0.05) is 17.3 Å². The van der Waals surface area contributed by atoms with Crippen LogP contribution in [0.1, 0.15) is 27.0 Å². The highest BCUT2D eigenvalue weighted by atomic mass is 16.2. The Morgan fingerprint density at radius 2 is 1.85 bits per heavy atom. The molecule has 20 heavy (non-hydrogen) atoms. The average molecular weight is 272 g/mol. The minimum Gasteiger partial charge on any atom is -0.293 e. The fourth-order valence-electron chi connectivity index (χ4n) is 2.10. The van der Waals surface area contributed by atoms with E-state index in [4.69, 9.17) is 0 Å². The van der Waals surface area contributed by atoms with Crippen molar-refractivity contribution in [2.45, 2.75) is 27.3 Å². The SMILES string of the molecule is Cc1ccc(C(=O)Cn2cc(C)c(=O)[nH]c2=O)c(C)c1. The molecule has 1 heterocycles. The van der Waals surface area contributed by atoms with Crippen molar-refractivity contribution >= 4 is 5.78 Å². The van der Waals surface area contributed by atoms with Crippen LogP contribution in [0.4, 0.5) is 0 Å². The number of H-pyrrole nitrogens is 1. The number of aromatic nitrogens is 2. The monoisotopic (exact) mass is 272 g/mol. The van der Waals surface area contributed by atoms with Crippen LogP contribution in [0.2, 0.25) is 0 Å². The highest BCUT2D eigenvalue weighted by molar-refractivity contribution is 5.97. The van der Waals surface area contributed by atoms with Gasteiger partial charge in [0.15, 0.2) is 5.78 Å². The van der Waals surface area contributed by atoms with Gasteiger partial charge >= 0.3 is 5.69 Å². The maximum Gasteiger partial charge on any atom is 0.328 e. The molecular weight excluding hydrogens is 256 g/mol. The van der Waals surface area contributed by atoms with Crippen LogP contribution in [0.25, 0.3) is 0 Å². The third-order valence-corrected chi connectivity index (χ3v) is 3.19. The number of hydrogen-bond acceptors (Lipinski definition) is 3. The van der Waals surface area contributed by atoms with Crippen LogP contribution in [0.3, 0.4) is 0 Å². The predicted octanol–water partition coefficient (Wildman–Crippen LogP) is 1.34. The number of hydrogen-bond donors (Lipinski definition) is 1. The molecule has 0 bridgehead atoms. The highest BCUT2D eigenvalue weighted by Crippen LogP contribution is 2.11. The summed E-state index contributed by atoms with van der Waals surface area (Å²) in [7, 11) is 0. The Bertz CT molecular complexity index is 784. The lowest BCUT2D eigenvalue weighted by Gasteiger charge is -2.08. The van der Waals surface area contributed by atoms with Crippen molar-refractivity contribution in [1.82, 2.24) is 9.55 Å². The van der Waals surface area contributed by atoms with Gasteiger partial charge in [-0.25, -0.2) is 4.79 Å². The predicted molar refractivity (Wildman–Crippen MR) is 76.3 cm³/mol. The molecule has 2 rings (SSSR count). The van der Waals surface area contributed by atoms with Crippen LogP contribution in [0.5, 0.6) is 0 Å². The van der Waals surface area contributed by atoms with Crippen LogP contribution < -0.4 is 11.2 Å². The molecular formula is C15H16N2O3. The zero-order valence-electron chi connectivity index (χ0n) is 11.7. The van der Waals surface area contributed by atoms with E-state index in [0.29, 0.717) is 11.1 Å². The molecule has 1 N–H and O–H groups in total. The number of carbonyl (C=O) groups is 1. The van der Waals surface area contributed by atoms with Gasteiger partial charge in [0.1, 0.15) is 0 Å². The van der Waals surface area contributed by atoms with Crippen molar-refractivity contribution in [3.8, 4) is 0 Å². The van der Waals surface area contributed by atoms with Gasteiger partial charge in [-0.1, -0.05) is 23.8 Å². The van der Waals surface area contributed by atoms with Crippen molar-refractivity contribution in [2.75, 3.05) is 0 Å². The van der Waals surface area contributed by atoms with Crippen molar-refractivity contribution < 1.29 is 4.79 Å². The van der Waals surface area contributed by atoms with Gasteiger partial charge in [-0.15, -0.1) is 0 Å². The fourth-order valence-corrected chi connectivity index (χ4v) is 2.10. The fraction of sp³-hybridized carbons (Fsp3) is 0.267. The van der Waals surface area contributed by atoms with Crippen molar-refractivity contribution in [3.63, 3.8) is 0 Å². The van der Waals surface area contributed by atoms with Gasteiger partial charge < -0.3 is 0 Å². The van der Waals surface area contributed by atoms with Crippen LogP contribution in [-0.2, 0) is 6.54 Å². The van der Waals surface area contributed by atoms with Crippen LogP contribution in [-0.4, -0.2) is 15.3 Å². The molecule has 0 atom stereocenters. The number of nitrogens with zero attached hydrogens (tertiary/aromatic N) is 1. The van der Waals surface area contributed by atoms with E-state index in [1.165, 1.54) is 10.8 Å². The lowest BCUT2D eigenvalue weighted by atomic mass is 10.0. The maximum absolute atomic E-state index is 12.2. The number of aryl methyl sites for hydroxylation is 3. The summed E-state index contributed by atoms with van der Waals surface area (Å²) in [5.74, 6) is -0.156. The number of nitrogens with one attached hydrogen (secondary N) is 1. The van der Waals surface area contributed by atoms with Gasteiger partial charge in [-0.2, -0.15) is 0 Å². The quantitative estimate of drug-likeness (QED) is 0.857. The molecule has 0 spiro atoms. The minimum absolute atomic E-state index is 0.0830. The number of ketones is 1. The van der Waals surface area contributed by atoms with Crippen LogP contribution in [0, 0.1) is 20.8 Å². The van der Waals surface area contributed by atoms with Gasteiger partial charge in [0.2, 0.25) is 0 Å². The summed E-state index contributed by atoms with van der Waals surface area (Å²) in [6.07, 6.45) is 1.41. The maximum atomic E-state index is 12.2. The number of Topliss-reactive ketones (excluding diaryl/α,β-unsaturated/α-hetero) is 1. The molecule has 2 aromatic rings. The van der Waals surface area contributed by atoms with E-state index in [9.17, 15) is 14.4 Å². The van der Waals surface area contributed by atoms with E-state index in [0.717, 1.165) is 11.1 Å². The summed E-state index contributed by atoms with van der Waals surface area (Å²) in [4.78, 5) is 37.4. The smallest absolute Gasteiger partial charge is 0.293 e. The Morgan fingerprint density at radius 3 is 2.50 bits per heavy atom. The van der Waals surface area contributed by atoms with E-state index in [-0.39, 0.29) is 12.3 Å². The molecule has 1 aromatic carbocycles. The Hall–Kier alpha value is -2.43. The third-order valence-electron chi connectivity index (χ3n) is 3.19. The molecule has 0 saturated carbocycles. The summed E-state index contributed by atoms with van der Waals surface area (Å²) < 4.78 is 1.22. The topological polar surface area (TPSA) is 71.9 Å². The van der Waals surface area contributed by atoms with Crippen LogP contribution in [0.15, 0.2) is 34.0 Å². The van der Waals surface area contributed by atoms with Crippen molar-refractivity contribution in [3.05, 3.63) is 67.5 Å². The second-order valence-electron chi connectivity index (χ2n) is 4.94. The van der Waals surface area contributed by atoms with E-state index in [1.54, 1.807) is 13.0 Å². The first-order chi connectivity index (χ1) is 9.38. The Labute approximate surface area is 115 Å². The average Bonchev–Trinajstić information content (AvgIpc) is 2.35. The second kappa shape index (κ2) is 5.28. The molecule has 1 aromatic heterocycles. The molecule has 104 valence electrons. The van der Waals surface area contributed by atoms with Crippen molar-refractivity contribution in [1.29, 1.82) is 0 Å². The number of rotatable bonds is 3. The Kier molecular flexibility index (Phi) is 3.70. The molecule has 0 amide bonds. The summed E-state index contributed by atoms with van der Waals surface area (Å²) in [6.45, 7) is 5.33. The molecule has 5 nitrogen and oxygen atoms in total. The third kappa shape index (κ3) is 2.77. The van der Waals surface area contributed by atoms with Gasteiger partial charge in [0.05, 0.1) is 6.54 Å². The van der Waals surface area contributed by atoms with Crippen molar-refractivity contribution in [2.24, 2.45) is 0 Å². The first-order valence-electron chi connectivity index (χ1n) is 6.29. The molecule has 0 saturated heterocycles. The number of carbonyl (C=O) groups excluding carboxylic acids is 1. The number of aromatic amines is 1. The largest absolute Gasteiger partial charge is 0.328 e. The standard InChI is InChI=1S/C15H16N2O3/c1-9-4-5-12(10(2)6-9)13(18)8-17-7-11(3)14(19)16-15(17)20/h4-7H,8H2,1-3H3,(H,16,19,20). The van der Waals surface area contributed by atoms with Gasteiger partial charge in [0.25, 0.3) is 5.56 Å². The minimum atomic E-state index is -0.571. The second-order valence-corrected chi connectivity index (χ2v) is 4.94. The zero-order valence-corrected chi connectivity index (χ0v) is 11.7. The molecule has 0 aliphatic carbocycles. The van der Waals surface area contributed by atoms with Gasteiger partial charge in [-0.3, -0.25) is 19.1 Å². The molecule has 0 unspecified atom stereocenters. The lowest BCUT2D eigenvalue weighted by Crippen LogP contribution is -2.32. The van der Waals surface area contributed by atoms with E-state index in [1.807, 2.05) is 26.0 Å². The molecule has 0 aliphatic rings. The van der Waals surface area contributed by atoms with E-state index < -0.39 is 11.2 Å². The summed E-state index contributed by atoms with van der Waals surface area (Å²) in [5, 5.41) is 0. The lowest BCUT2D eigenvalue weighted by molar-refractivity contribution is 0.0969.